The molecule has 0 aliphatic heterocycles. The van der Waals surface area contributed by atoms with Crippen LogP contribution in [0.2, 0.25) is 0 Å². The van der Waals surface area contributed by atoms with E-state index in [4.69, 9.17) is 5.73 Å². The van der Waals surface area contributed by atoms with Crippen LogP contribution in [0.3, 0.4) is 0 Å². The Kier molecular flexibility index (Phi) is 6.44. The van der Waals surface area contributed by atoms with Crippen molar-refractivity contribution < 1.29 is 4.79 Å². The molecule has 1 aliphatic rings. The van der Waals surface area contributed by atoms with Crippen molar-refractivity contribution in [2.24, 2.45) is 11.7 Å². The molecule has 1 amide bonds. The highest BCUT2D eigenvalue weighted by Crippen LogP contribution is 2.29. The first-order valence-electron chi connectivity index (χ1n) is 9.33. The molecule has 1 aliphatic carbocycles. The van der Waals surface area contributed by atoms with Crippen molar-refractivity contribution in [3.63, 3.8) is 0 Å². The lowest BCUT2D eigenvalue weighted by atomic mass is 10.00. The second-order valence-electron chi connectivity index (χ2n) is 7.03. The molecule has 0 unspecified atom stereocenters. The molecule has 0 radical (unpaired) electrons. The minimum atomic E-state index is -0.00685. The number of anilines is 1. The topological polar surface area (TPSA) is 96.7 Å². The van der Waals surface area contributed by atoms with Crippen LogP contribution >= 0.6 is 12.4 Å². The highest BCUT2D eigenvalue weighted by atomic mass is 35.5. The van der Waals surface area contributed by atoms with Gasteiger partial charge in [0.1, 0.15) is 0 Å². The number of benzene rings is 2. The smallest absolute Gasteiger partial charge is 0.224 e. The van der Waals surface area contributed by atoms with E-state index >= 15 is 0 Å². The number of nitrogens with zero attached hydrogens (tertiary/aromatic N) is 2. The van der Waals surface area contributed by atoms with Crippen molar-refractivity contribution in [3.8, 4) is 22.8 Å². The Bertz CT molecular complexity index is 927. The predicted octanol–water partition coefficient (Wildman–Crippen LogP) is 4.02. The minimum absolute atomic E-state index is 0. The maximum atomic E-state index is 12.5. The fraction of sp³-hybridized carbons (Fsp3) is 0.286. The van der Waals surface area contributed by atoms with Crippen molar-refractivity contribution in [2.45, 2.75) is 31.7 Å². The van der Waals surface area contributed by atoms with E-state index in [1.54, 1.807) is 0 Å². The lowest BCUT2D eigenvalue weighted by Gasteiger charge is -2.15. The van der Waals surface area contributed by atoms with Crippen LogP contribution in [0.4, 0.5) is 5.69 Å². The average molecular weight is 398 g/mol. The summed E-state index contributed by atoms with van der Waals surface area (Å²) in [6.45, 7) is 0. The number of nitrogens with one attached hydrogen (secondary N) is 2. The monoisotopic (exact) mass is 397 g/mol. The van der Waals surface area contributed by atoms with Gasteiger partial charge < -0.3 is 11.1 Å². The third-order valence-corrected chi connectivity index (χ3v) is 5.14. The fourth-order valence-electron chi connectivity index (χ4n) is 3.66. The Morgan fingerprint density at radius 2 is 1.86 bits per heavy atom. The molecule has 0 spiro atoms. The molecule has 4 rings (SSSR count). The van der Waals surface area contributed by atoms with Crippen molar-refractivity contribution in [2.75, 3.05) is 5.32 Å². The average Bonchev–Trinajstić information content (AvgIpc) is 3.33. The van der Waals surface area contributed by atoms with E-state index < -0.39 is 0 Å². The Labute approximate surface area is 170 Å². The van der Waals surface area contributed by atoms with E-state index in [0.29, 0.717) is 18.1 Å². The first kappa shape index (κ1) is 20.0. The summed E-state index contributed by atoms with van der Waals surface area (Å²) in [4.78, 5) is 17.1. The van der Waals surface area contributed by atoms with E-state index in [1.165, 1.54) is 0 Å². The quantitative estimate of drug-likeness (QED) is 0.605. The molecule has 0 bridgehead atoms. The lowest BCUT2D eigenvalue weighted by Crippen LogP contribution is -2.28. The third-order valence-electron chi connectivity index (χ3n) is 5.14. The molecule has 28 heavy (non-hydrogen) atoms. The molecule has 6 nitrogen and oxygen atoms in total. The van der Waals surface area contributed by atoms with Crippen LogP contribution in [0.1, 0.15) is 25.7 Å². The van der Waals surface area contributed by atoms with Gasteiger partial charge in [-0.05, 0) is 30.9 Å². The molecule has 1 heterocycles. The summed E-state index contributed by atoms with van der Waals surface area (Å²) < 4.78 is 0. The van der Waals surface area contributed by atoms with Gasteiger partial charge in [0.2, 0.25) is 5.91 Å². The number of para-hydroxylation sites is 1. The number of nitrogens with two attached hydrogens (primary N) is 1. The molecule has 4 N–H and O–H groups in total. The normalized spacial score (nSPS) is 18.5. The summed E-state index contributed by atoms with van der Waals surface area (Å²) in [5.74, 6) is 1.52. The molecule has 0 saturated heterocycles. The van der Waals surface area contributed by atoms with Gasteiger partial charge in [0.15, 0.2) is 11.6 Å². The first-order valence-corrected chi connectivity index (χ1v) is 9.33. The van der Waals surface area contributed by atoms with Crippen LogP contribution in [0, 0.1) is 5.92 Å². The van der Waals surface area contributed by atoms with Crippen molar-refractivity contribution in [1.29, 1.82) is 0 Å². The lowest BCUT2D eigenvalue weighted by molar-refractivity contribution is -0.117. The second-order valence-corrected chi connectivity index (χ2v) is 7.03. The van der Waals surface area contributed by atoms with Crippen molar-refractivity contribution in [3.05, 3.63) is 54.6 Å². The Hall–Kier alpha value is -2.70. The molecule has 2 atom stereocenters. The molecule has 3 aromatic rings. The molecule has 1 saturated carbocycles. The SMILES string of the molecule is Cl.N[C@@H]1CCC[C@H]1CC(=O)Nc1ccccc1-c1nc(-c2ccccc2)n[nH]1. The summed E-state index contributed by atoms with van der Waals surface area (Å²) >= 11 is 0. The number of aromatic nitrogens is 3. The number of hydrogen-bond donors (Lipinski definition) is 3. The number of hydrogen-bond acceptors (Lipinski definition) is 4. The van der Waals surface area contributed by atoms with E-state index in [0.717, 1.165) is 36.1 Å². The van der Waals surface area contributed by atoms with Gasteiger partial charge in [-0.15, -0.1) is 12.4 Å². The maximum Gasteiger partial charge on any atom is 0.224 e. The third kappa shape index (κ3) is 4.40. The van der Waals surface area contributed by atoms with Gasteiger partial charge in [0, 0.05) is 23.6 Å². The van der Waals surface area contributed by atoms with Gasteiger partial charge in [-0.1, -0.05) is 48.9 Å². The Balaban J connectivity index is 0.00000225. The van der Waals surface area contributed by atoms with Gasteiger partial charge in [0.25, 0.3) is 0 Å². The molecule has 146 valence electrons. The van der Waals surface area contributed by atoms with Gasteiger partial charge in [-0.25, -0.2) is 4.98 Å². The number of amides is 1. The van der Waals surface area contributed by atoms with Crippen LogP contribution in [-0.4, -0.2) is 27.1 Å². The number of H-pyrrole nitrogens is 1. The molecule has 1 aromatic heterocycles. The van der Waals surface area contributed by atoms with Crippen LogP contribution in [0.25, 0.3) is 22.8 Å². The number of rotatable bonds is 5. The fourth-order valence-corrected chi connectivity index (χ4v) is 3.66. The van der Waals surface area contributed by atoms with E-state index in [9.17, 15) is 4.79 Å². The largest absolute Gasteiger partial charge is 0.327 e. The minimum Gasteiger partial charge on any atom is -0.327 e. The summed E-state index contributed by atoms with van der Waals surface area (Å²) in [5, 5.41) is 10.3. The summed E-state index contributed by atoms with van der Waals surface area (Å²) in [7, 11) is 0. The van der Waals surface area contributed by atoms with Gasteiger partial charge >= 0.3 is 0 Å². The zero-order valence-corrected chi connectivity index (χ0v) is 16.3. The van der Waals surface area contributed by atoms with Crippen LogP contribution in [-0.2, 0) is 4.79 Å². The van der Waals surface area contributed by atoms with E-state index in [1.807, 2.05) is 54.6 Å². The van der Waals surface area contributed by atoms with Crippen LogP contribution in [0.15, 0.2) is 54.6 Å². The zero-order chi connectivity index (χ0) is 18.6. The predicted molar refractivity (Wildman–Crippen MR) is 113 cm³/mol. The number of carbonyl (C=O) groups excluding carboxylic acids is 1. The molecular weight excluding hydrogens is 374 g/mol. The van der Waals surface area contributed by atoms with Crippen molar-refractivity contribution in [1.82, 2.24) is 15.2 Å². The van der Waals surface area contributed by atoms with Gasteiger partial charge in [-0.2, -0.15) is 5.10 Å². The molecule has 7 heteroatoms. The summed E-state index contributed by atoms with van der Waals surface area (Å²) in [6.07, 6.45) is 3.60. The second kappa shape index (κ2) is 8.99. The molecule has 1 fully saturated rings. The summed E-state index contributed by atoms with van der Waals surface area (Å²) in [5.41, 5.74) is 8.58. The number of carbonyl (C=O) groups is 1. The van der Waals surface area contributed by atoms with E-state index in [-0.39, 0.29) is 30.3 Å². The highest BCUT2D eigenvalue weighted by Gasteiger charge is 2.26. The highest BCUT2D eigenvalue weighted by molar-refractivity contribution is 5.95. The summed E-state index contributed by atoms with van der Waals surface area (Å²) in [6, 6.07) is 17.5. The number of halogens is 1. The molecular formula is C21H24ClN5O. The zero-order valence-electron chi connectivity index (χ0n) is 15.5. The van der Waals surface area contributed by atoms with Crippen LogP contribution < -0.4 is 11.1 Å². The number of aromatic amines is 1. The van der Waals surface area contributed by atoms with Crippen molar-refractivity contribution >= 4 is 24.0 Å². The van der Waals surface area contributed by atoms with Gasteiger partial charge in [-0.3, -0.25) is 9.89 Å². The maximum absolute atomic E-state index is 12.5. The Morgan fingerprint density at radius 1 is 1.11 bits per heavy atom. The Morgan fingerprint density at radius 3 is 2.61 bits per heavy atom. The van der Waals surface area contributed by atoms with E-state index in [2.05, 4.69) is 20.5 Å². The molecule has 2 aromatic carbocycles. The van der Waals surface area contributed by atoms with Gasteiger partial charge in [0.05, 0.1) is 5.69 Å². The standard InChI is InChI=1S/C21H23N5O.ClH/c22-17-11-6-9-15(17)13-19(27)23-18-12-5-4-10-16(18)21-24-20(25-26-21)14-7-2-1-3-8-14;/h1-5,7-8,10,12,15,17H,6,9,11,13,22H2,(H,23,27)(H,24,25,26);1H/t15-,17+;/m0./s1. The first-order chi connectivity index (χ1) is 13.2. The van der Waals surface area contributed by atoms with Crippen LogP contribution in [0.5, 0.6) is 0 Å².